The van der Waals surface area contributed by atoms with Crippen LogP contribution in [0.5, 0.6) is 0 Å². The molecule has 0 saturated heterocycles. The number of amides is 2. The Morgan fingerprint density at radius 2 is 0.643 bits per heavy atom. The first-order valence-corrected chi connectivity index (χ1v) is 20.5. The summed E-state index contributed by atoms with van der Waals surface area (Å²) in [5, 5.41) is 5.87. The zero-order chi connectivity index (χ0) is 39.5. The zero-order valence-electron chi connectivity index (χ0n) is 32.9. The van der Waals surface area contributed by atoms with Gasteiger partial charge in [0.15, 0.2) is 0 Å². The van der Waals surface area contributed by atoms with Crippen LogP contribution in [0.1, 0.15) is 124 Å². The molecule has 56 heavy (non-hydrogen) atoms. The molecule has 0 heterocycles. The predicted molar refractivity (Wildman–Crippen MR) is 222 cm³/mol. The summed E-state index contributed by atoms with van der Waals surface area (Å²) in [6, 6.07) is 40.0. The number of rotatable bonds is 27. The van der Waals surface area contributed by atoms with E-state index in [0.29, 0.717) is 13.1 Å². The van der Waals surface area contributed by atoms with E-state index in [0.717, 1.165) is 60.8 Å². The number of hydrogen-bond donors (Lipinski definition) is 2. The van der Waals surface area contributed by atoms with Gasteiger partial charge in [-0.3, -0.25) is 19.2 Å². The quantitative estimate of drug-likeness (QED) is 0.0463. The van der Waals surface area contributed by atoms with Crippen molar-refractivity contribution >= 4 is 23.8 Å². The minimum Gasteiger partial charge on any atom is -0.465 e. The van der Waals surface area contributed by atoms with Crippen molar-refractivity contribution in [1.82, 2.24) is 10.6 Å². The molecule has 8 heteroatoms. The molecule has 0 aliphatic heterocycles. The highest BCUT2D eigenvalue weighted by Gasteiger charge is 2.18. The summed E-state index contributed by atoms with van der Waals surface area (Å²) in [7, 11) is 0. The zero-order valence-corrected chi connectivity index (χ0v) is 32.9. The van der Waals surface area contributed by atoms with Gasteiger partial charge >= 0.3 is 11.9 Å². The Morgan fingerprint density at radius 1 is 0.375 bits per heavy atom. The average Bonchev–Trinajstić information content (AvgIpc) is 3.24. The number of carbonyl (C=O) groups is 4. The normalized spacial score (nSPS) is 11.0. The minimum absolute atomic E-state index is 0.0507. The molecule has 4 rings (SSSR count). The number of nitrogens with one attached hydrogen (secondary N) is 2. The monoisotopic (exact) mass is 760 g/mol. The van der Waals surface area contributed by atoms with Gasteiger partial charge < -0.3 is 20.1 Å². The molecule has 0 fully saturated rings. The highest BCUT2D eigenvalue weighted by atomic mass is 16.5. The molecule has 2 N–H and O–H groups in total. The molecule has 298 valence electrons. The predicted octanol–water partition coefficient (Wildman–Crippen LogP) is 9.43. The third kappa shape index (κ3) is 17.5. The molecule has 0 bridgehead atoms. The molecule has 4 aromatic carbocycles. The molecule has 4 aromatic rings. The molecular weight excluding hydrogens is 701 g/mol. The fourth-order valence-electron chi connectivity index (χ4n) is 6.74. The van der Waals surface area contributed by atoms with Gasteiger partial charge in [0.1, 0.15) is 13.2 Å². The number of hydrogen-bond acceptors (Lipinski definition) is 6. The smallest absolute Gasteiger partial charge is 0.306 e. The lowest BCUT2D eigenvalue weighted by Gasteiger charge is -2.18. The van der Waals surface area contributed by atoms with Crippen molar-refractivity contribution in [2.24, 2.45) is 0 Å². The first-order valence-electron chi connectivity index (χ1n) is 20.5. The van der Waals surface area contributed by atoms with Crippen LogP contribution in [-0.4, -0.2) is 50.1 Å². The fourth-order valence-corrected chi connectivity index (χ4v) is 6.74. The minimum atomic E-state index is -0.358. The van der Waals surface area contributed by atoms with E-state index in [-0.39, 0.29) is 74.5 Å². The molecular formula is C48H60N2O6. The van der Waals surface area contributed by atoms with Crippen molar-refractivity contribution in [1.29, 1.82) is 0 Å². The fraction of sp³-hybridized carbons (Fsp3) is 0.417. The van der Waals surface area contributed by atoms with Crippen LogP contribution in [0.2, 0.25) is 0 Å². The van der Waals surface area contributed by atoms with Gasteiger partial charge in [-0.25, -0.2) is 0 Å². The van der Waals surface area contributed by atoms with Crippen LogP contribution < -0.4 is 10.6 Å². The SMILES string of the molecule is O=C(CCC(=O)OCC(c1ccccc1)c1ccccc1)NCCCCCCCCCCCCNC(=O)CCC(=O)OCC(c1ccccc1)c1ccccc1. The molecule has 0 saturated carbocycles. The van der Waals surface area contributed by atoms with Crippen LogP contribution >= 0.6 is 0 Å². The van der Waals surface area contributed by atoms with Crippen molar-refractivity contribution in [2.45, 2.75) is 102 Å². The number of esters is 2. The molecule has 0 aliphatic carbocycles. The van der Waals surface area contributed by atoms with Crippen LogP contribution in [0.4, 0.5) is 0 Å². The van der Waals surface area contributed by atoms with Crippen molar-refractivity contribution in [2.75, 3.05) is 26.3 Å². The van der Waals surface area contributed by atoms with Crippen LogP contribution in [0, 0.1) is 0 Å². The van der Waals surface area contributed by atoms with Crippen molar-refractivity contribution in [3.8, 4) is 0 Å². The summed E-state index contributed by atoms with van der Waals surface area (Å²) in [5.41, 5.74) is 4.34. The number of carbonyl (C=O) groups excluding carboxylic acids is 4. The third-order valence-electron chi connectivity index (χ3n) is 9.99. The van der Waals surface area contributed by atoms with Gasteiger partial charge in [0.05, 0.1) is 12.8 Å². The van der Waals surface area contributed by atoms with Crippen molar-refractivity contribution < 1.29 is 28.7 Å². The molecule has 0 unspecified atom stereocenters. The Morgan fingerprint density at radius 3 is 0.929 bits per heavy atom. The van der Waals surface area contributed by atoms with Gasteiger partial charge in [0, 0.05) is 37.8 Å². The largest absolute Gasteiger partial charge is 0.465 e. The van der Waals surface area contributed by atoms with E-state index in [1.54, 1.807) is 0 Å². The molecule has 0 aromatic heterocycles. The van der Waals surface area contributed by atoms with Crippen molar-refractivity contribution in [3.05, 3.63) is 144 Å². The van der Waals surface area contributed by atoms with E-state index in [2.05, 4.69) is 10.6 Å². The van der Waals surface area contributed by atoms with E-state index >= 15 is 0 Å². The molecule has 0 aliphatic rings. The van der Waals surface area contributed by atoms with Gasteiger partial charge in [-0.1, -0.05) is 173 Å². The molecule has 2 amide bonds. The lowest BCUT2D eigenvalue weighted by atomic mass is 9.92. The van der Waals surface area contributed by atoms with E-state index in [1.165, 1.54) is 25.7 Å². The summed E-state index contributed by atoms with van der Waals surface area (Å²) in [6.07, 6.45) is 11.5. The second-order valence-electron chi connectivity index (χ2n) is 14.3. The first kappa shape index (κ1) is 43.5. The Kier molecular flexibility index (Phi) is 20.6. The highest BCUT2D eigenvalue weighted by Crippen LogP contribution is 2.26. The topological polar surface area (TPSA) is 111 Å². The van der Waals surface area contributed by atoms with Crippen molar-refractivity contribution in [3.63, 3.8) is 0 Å². The maximum absolute atomic E-state index is 12.4. The second kappa shape index (κ2) is 26.5. The molecule has 8 nitrogen and oxygen atoms in total. The first-order chi connectivity index (χ1) is 27.5. The molecule has 0 spiro atoms. The number of ether oxygens (including phenoxy) is 2. The van der Waals surface area contributed by atoms with Crippen LogP contribution in [0.3, 0.4) is 0 Å². The van der Waals surface area contributed by atoms with Crippen LogP contribution in [-0.2, 0) is 28.7 Å². The van der Waals surface area contributed by atoms with Crippen LogP contribution in [0.15, 0.2) is 121 Å². The number of benzene rings is 4. The average molecular weight is 761 g/mol. The van der Waals surface area contributed by atoms with E-state index in [1.807, 2.05) is 121 Å². The van der Waals surface area contributed by atoms with Gasteiger partial charge in [-0.15, -0.1) is 0 Å². The lowest BCUT2D eigenvalue weighted by Crippen LogP contribution is -2.25. The van der Waals surface area contributed by atoms with Gasteiger partial charge in [-0.05, 0) is 35.1 Å². The Hall–Kier alpha value is -5.24. The van der Waals surface area contributed by atoms with Gasteiger partial charge in [0.25, 0.3) is 0 Å². The number of unbranched alkanes of at least 4 members (excludes halogenated alkanes) is 9. The molecule has 0 atom stereocenters. The van der Waals surface area contributed by atoms with Crippen LogP contribution in [0.25, 0.3) is 0 Å². The van der Waals surface area contributed by atoms with E-state index < -0.39 is 0 Å². The highest BCUT2D eigenvalue weighted by molar-refractivity contribution is 5.81. The second-order valence-corrected chi connectivity index (χ2v) is 14.3. The standard InChI is InChI=1S/C48H60N2O6/c51-45(31-33-47(53)55-37-43(39-23-13-9-14-24-39)40-25-15-10-16-26-40)49-35-21-7-5-3-1-2-4-6-8-22-36-50-46(52)32-34-48(54)56-38-44(41-27-17-11-18-28-41)42-29-19-12-20-30-42/h9-20,23-30,43-44H,1-8,21-22,31-38H2,(H,49,51)(H,50,52). The maximum atomic E-state index is 12.4. The van der Waals surface area contributed by atoms with E-state index in [4.69, 9.17) is 9.47 Å². The van der Waals surface area contributed by atoms with Gasteiger partial charge in [-0.2, -0.15) is 0 Å². The Labute approximate surface area is 333 Å². The summed E-state index contributed by atoms with van der Waals surface area (Å²) >= 11 is 0. The summed E-state index contributed by atoms with van der Waals surface area (Å²) < 4.78 is 11.2. The Balaban J connectivity index is 0.918. The summed E-state index contributed by atoms with van der Waals surface area (Å²) in [6.45, 7) is 1.73. The summed E-state index contributed by atoms with van der Waals surface area (Å²) in [4.78, 5) is 49.4. The third-order valence-corrected chi connectivity index (χ3v) is 9.99. The van der Waals surface area contributed by atoms with E-state index in [9.17, 15) is 19.2 Å². The lowest BCUT2D eigenvalue weighted by molar-refractivity contribution is -0.145. The maximum Gasteiger partial charge on any atom is 0.306 e. The molecule has 0 radical (unpaired) electrons. The Bertz CT molecular complexity index is 1480. The van der Waals surface area contributed by atoms with Gasteiger partial charge in [0.2, 0.25) is 11.8 Å². The summed E-state index contributed by atoms with van der Waals surface area (Å²) in [5.74, 6) is -1.05.